The summed E-state index contributed by atoms with van der Waals surface area (Å²) < 4.78 is 11.2. The van der Waals surface area contributed by atoms with E-state index in [9.17, 15) is 4.79 Å². The molecule has 0 aromatic heterocycles. The molecule has 0 bridgehead atoms. The van der Waals surface area contributed by atoms with Crippen molar-refractivity contribution in [3.8, 4) is 5.75 Å². The number of oxime groups is 1. The SMILES string of the molecule is CC(C)(C)OC(=O)N1CCC(CCOc2ccc(C=NO)cc2)CC1. The standard InChI is InChI=1S/C19H28N2O4/c1-19(2,3)25-18(22)21-11-8-15(9-12-21)10-13-24-17-6-4-16(5-7-17)14-20-23/h4-7,14-15,23H,8-13H2,1-3H3. The second-order valence-corrected chi connectivity index (χ2v) is 7.36. The Morgan fingerprint density at radius 3 is 2.48 bits per heavy atom. The molecule has 1 N–H and O–H groups in total. The summed E-state index contributed by atoms with van der Waals surface area (Å²) in [5.41, 5.74) is 0.379. The molecule has 0 radical (unpaired) electrons. The van der Waals surface area contributed by atoms with E-state index in [2.05, 4.69) is 5.16 Å². The first-order valence-corrected chi connectivity index (χ1v) is 8.75. The van der Waals surface area contributed by atoms with Gasteiger partial charge < -0.3 is 19.6 Å². The van der Waals surface area contributed by atoms with Crippen LogP contribution >= 0.6 is 0 Å². The molecular weight excluding hydrogens is 320 g/mol. The maximum absolute atomic E-state index is 12.0. The summed E-state index contributed by atoms with van der Waals surface area (Å²) >= 11 is 0. The maximum Gasteiger partial charge on any atom is 0.410 e. The fourth-order valence-corrected chi connectivity index (χ4v) is 2.79. The number of carbonyl (C=O) groups excluding carboxylic acids is 1. The summed E-state index contributed by atoms with van der Waals surface area (Å²) in [5, 5.41) is 11.5. The van der Waals surface area contributed by atoms with Gasteiger partial charge in [-0.15, -0.1) is 0 Å². The van der Waals surface area contributed by atoms with Gasteiger partial charge in [0.1, 0.15) is 11.4 Å². The van der Waals surface area contributed by atoms with Crippen molar-refractivity contribution >= 4 is 12.3 Å². The lowest BCUT2D eigenvalue weighted by molar-refractivity contribution is 0.0177. The maximum atomic E-state index is 12.0. The van der Waals surface area contributed by atoms with Gasteiger partial charge in [0.15, 0.2) is 0 Å². The molecule has 1 aromatic carbocycles. The summed E-state index contributed by atoms with van der Waals surface area (Å²) in [6.07, 6.45) is 4.10. The van der Waals surface area contributed by atoms with Crippen LogP contribution in [0, 0.1) is 5.92 Å². The average Bonchev–Trinajstić information content (AvgIpc) is 2.56. The number of nitrogens with zero attached hydrogens (tertiary/aromatic N) is 2. The van der Waals surface area contributed by atoms with Gasteiger partial charge in [-0.2, -0.15) is 0 Å². The van der Waals surface area contributed by atoms with E-state index in [1.165, 1.54) is 6.21 Å². The van der Waals surface area contributed by atoms with Crippen molar-refractivity contribution in [3.05, 3.63) is 29.8 Å². The third-order valence-corrected chi connectivity index (χ3v) is 4.15. The van der Waals surface area contributed by atoms with Crippen LogP contribution in [-0.4, -0.2) is 47.7 Å². The molecule has 1 amide bonds. The van der Waals surface area contributed by atoms with Crippen molar-refractivity contribution in [2.75, 3.05) is 19.7 Å². The normalized spacial score (nSPS) is 16.2. The van der Waals surface area contributed by atoms with E-state index in [1.54, 1.807) is 4.90 Å². The van der Waals surface area contributed by atoms with Crippen LogP contribution in [0.3, 0.4) is 0 Å². The van der Waals surface area contributed by atoms with Crippen molar-refractivity contribution in [3.63, 3.8) is 0 Å². The minimum absolute atomic E-state index is 0.214. The molecule has 0 atom stereocenters. The highest BCUT2D eigenvalue weighted by Gasteiger charge is 2.26. The smallest absolute Gasteiger partial charge is 0.410 e. The predicted octanol–water partition coefficient (Wildman–Crippen LogP) is 3.91. The number of ether oxygens (including phenoxy) is 2. The number of benzene rings is 1. The van der Waals surface area contributed by atoms with Crippen LogP contribution in [0.15, 0.2) is 29.4 Å². The number of carbonyl (C=O) groups is 1. The van der Waals surface area contributed by atoms with Crippen LogP contribution in [0.4, 0.5) is 4.79 Å². The Kier molecular flexibility index (Phi) is 6.67. The summed E-state index contributed by atoms with van der Waals surface area (Å²) in [6, 6.07) is 7.41. The van der Waals surface area contributed by atoms with Crippen molar-refractivity contribution in [1.29, 1.82) is 0 Å². The predicted molar refractivity (Wildman–Crippen MR) is 96.5 cm³/mol. The highest BCUT2D eigenvalue weighted by Crippen LogP contribution is 2.23. The minimum atomic E-state index is -0.444. The first-order chi connectivity index (χ1) is 11.9. The van der Waals surface area contributed by atoms with Crippen molar-refractivity contribution in [1.82, 2.24) is 4.90 Å². The van der Waals surface area contributed by atoms with Crippen LogP contribution in [0.2, 0.25) is 0 Å². The zero-order chi connectivity index (χ0) is 18.3. The molecule has 1 saturated heterocycles. The van der Waals surface area contributed by atoms with Crippen LogP contribution in [0.1, 0.15) is 45.6 Å². The lowest BCUT2D eigenvalue weighted by atomic mass is 9.94. The number of hydrogen-bond acceptors (Lipinski definition) is 5. The van der Waals surface area contributed by atoms with Gasteiger partial charge in [0, 0.05) is 13.1 Å². The summed E-state index contributed by atoms with van der Waals surface area (Å²) in [7, 11) is 0. The Balaban J connectivity index is 1.67. The third kappa shape index (κ3) is 6.64. The Morgan fingerprint density at radius 2 is 1.92 bits per heavy atom. The van der Waals surface area contributed by atoms with Crippen molar-refractivity contribution in [2.45, 2.75) is 45.6 Å². The van der Waals surface area contributed by atoms with Crippen LogP contribution in [0.25, 0.3) is 0 Å². The quantitative estimate of drug-likeness (QED) is 0.497. The minimum Gasteiger partial charge on any atom is -0.494 e. The van der Waals surface area contributed by atoms with Crippen molar-refractivity contribution < 1.29 is 19.5 Å². The Morgan fingerprint density at radius 1 is 1.28 bits per heavy atom. The fourth-order valence-electron chi connectivity index (χ4n) is 2.79. The number of rotatable bonds is 5. The second kappa shape index (κ2) is 8.74. The summed E-state index contributed by atoms with van der Waals surface area (Å²) in [5.74, 6) is 1.38. The number of amides is 1. The van der Waals surface area contributed by atoms with Crippen molar-refractivity contribution in [2.24, 2.45) is 11.1 Å². The largest absolute Gasteiger partial charge is 0.494 e. The molecule has 0 aliphatic carbocycles. The van der Waals surface area contributed by atoms with E-state index < -0.39 is 5.60 Å². The lowest BCUT2D eigenvalue weighted by Crippen LogP contribution is -2.41. The van der Waals surface area contributed by atoms with Gasteiger partial charge in [-0.1, -0.05) is 5.16 Å². The molecule has 1 fully saturated rings. The van der Waals surface area contributed by atoms with Gasteiger partial charge in [-0.05, 0) is 75.8 Å². The van der Waals surface area contributed by atoms with E-state index in [4.69, 9.17) is 14.7 Å². The lowest BCUT2D eigenvalue weighted by Gasteiger charge is -2.33. The highest BCUT2D eigenvalue weighted by atomic mass is 16.6. The van der Waals surface area contributed by atoms with E-state index in [1.807, 2.05) is 45.0 Å². The first-order valence-electron chi connectivity index (χ1n) is 8.75. The van der Waals surface area contributed by atoms with Gasteiger partial charge in [-0.3, -0.25) is 0 Å². The second-order valence-electron chi connectivity index (χ2n) is 7.36. The molecule has 1 aromatic rings. The van der Waals surface area contributed by atoms with E-state index >= 15 is 0 Å². The number of piperidine rings is 1. The molecular formula is C19H28N2O4. The van der Waals surface area contributed by atoms with Gasteiger partial charge in [0.2, 0.25) is 0 Å². The molecule has 25 heavy (non-hydrogen) atoms. The van der Waals surface area contributed by atoms with Gasteiger partial charge in [0.05, 0.1) is 12.8 Å². The Hall–Kier alpha value is -2.24. The van der Waals surface area contributed by atoms with Crippen LogP contribution in [0.5, 0.6) is 5.75 Å². The molecule has 1 aliphatic heterocycles. The Labute approximate surface area is 149 Å². The van der Waals surface area contributed by atoms with Gasteiger partial charge in [-0.25, -0.2) is 4.79 Å². The van der Waals surface area contributed by atoms with Gasteiger partial charge >= 0.3 is 6.09 Å². The molecule has 1 heterocycles. The van der Waals surface area contributed by atoms with E-state index in [0.29, 0.717) is 12.5 Å². The topological polar surface area (TPSA) is 71.4 Å². The molecule has 2 rings (SSSR count). The van der Waals surface area contributed by atoms with Crippen LogP contribution in [-0.2, 0) is 4.74 Å². The van der Waals surface area contributed by atoms with E-state index in [0.717, 1.165) is 43.7 Å². The monoisotopic (exact) mass is 348 g/mol. The zero-order valence-corrected chi connectivity index (χ0v) is 15.3. The molecule has 6 nitrogen and oxygen atoms in total. The third-order valence-electron chi connectivity index (χ3n) is 4.15. The fraction of sp³-hybridized carbons (Fsp3) is 0.579. The van der Waals surface area contributed by atoms with Crippen LogP contribution < -0.4 is 4.74 Å². The molecule has 6 heteroatoms. The molecule has 0 saturated carbocycles. The van der Waals surface area contributed by atoms with E-state index in [-0.39, 0.29) is 6.09 Å². The average molecular weight is 348 g/mol. The molecule has 138 valence electrons. The zero-order valence-electron chi connectivity index (χ0n) is 15.3. The Bertz CT molecular complexity index is 570. The number of likely N-dealkylation sites (tertiary alicyclic amines) is 1. The highest BCUT2D eigenvalue weighted by molar-refractivity contribution is 5.79. The molecule has 0 unspecified atom stereocenters. The number of hydrogen-bond donors (Lipinski definition) is 1. The molecule has 1 aliphatic rings. The summed E-state index contributed by atoms with van der Waals surface area (Å²) in [4.78, 5) is 13.8. The summed E-state index contributed by atoms with van der Waals surface area (Å²) in [6.45, 7) is 7.81. The molecule has 0 spiro atoms. The first kappa shape index (κ1) is 19.1. The van der Waals surface area contributed by atoms with Gasteiger partial charge in [0.25, 0.3) is 0 Å².